The Kier molecular flexibility index (Phi) is 3.66. The van der Waals surface area contributed by atoms with Crippen molar-refractivity contribution in [3.63, 3.8) is 0 Å². The van der Waals surface area contributed by atoms with E-state index >= 15 is 0 Å². The van der Waals surface area contributed by atoms with E-state index < -0.39 is 0 Å². The van der Waals surface area contributed by atoms with E-state index in [-0.39, 0.29) is 5.54 Å². The average Bonchev–Trinajstić information content (AvgIpc) is 2.61. The summed E-state index contributed by atoms with van der Waals surface area (Å²) in [7, 11) is 2.32. The van der Waals surface area contributed by atoms with Crippen LogP contribution in [0.5, 0.6) is 0 Å². The van der Waals surface area contributed by atoms with Crippen molar-refractivity contribution in [2.75, 3.05) is 32.4 Å². The molecule has 4 heteroatoms. The summed E-state index contributed by atoms with van der Waals surface area (Å²) in [5, 5.41) is 0. The molecule has 0 aliphatic carbocycles. The van der Waals surface area contributed by atoms with Gasteiger partial charge in [0.2, 0.25) is 0 Å². The molecule has 0 aromatic heterocycles. The molecule has 2 atom stereocenters. The van der Waals surface area contributed by atoms with Crippen molar-refractivity contribution in [2.24, 2.45) is 5.73 Å². The average molecular weight is 283 g/mol. The second kappa shape index (κ2) is 4.90. The summed E-state index contributed by atoms with van der Waals surface area (Å²) >= 11 is 2.12. The number of hydrogen-bond acceptors (Lipinski definition) is 4. The van der Waals surface area contributed by atoms with Crippen LogP contribution in [0.4, 0.5) is 0 Å². The Morgan fingerprint density at radius 1 is 1.21 bits per heavy atom. The first kappa shape index (κ1) is 14.2. The van der Waals surface area contributed by atoms with E-state index in [4.69, 9.17) is 5.73 Å². The molecule has 3 rings (SSSR count). The minimum absolute atomic E-state index is 0.288. The minimum atomic E-state index is 0.288. The molecular formula is C15H29N3S. The lowest BCUT2D eigenvalue weighted by atomic mass is 9.80. The molecule has 0 aromatic carbocycles. The number of fused-ring (bicyclic) bond motifs is 2. The molecule has 0 saturated carbocycles. The molecule has 3 fully saturated rings. The number of nitrogens with zero attached hydrogens (tertiary/aromatic N) is 2. The van der Waals surface area contributed by atoms with E-state index in [1.165, 1.54) is 44.5 Å². The van der Waals surface area contributed by atoms with Gasteiger partial charge in [0, 0.05) is 47.8 Å². The molecule has 0 aromatic rings. The Balaban J connectivity index is 1.80. The van der Waals surface area contributed by atoms with Gasteiger partial charge in [-0.2, -0.15) is 11.8 Å². The lowest BCUT2D eigenvalue weighted by molar-refractivity contribution is -0.00146. The maximum Gasteiger partial charge on any atom is 0.0362 e. The monoisotopic (exact) mass is 283 g/mol. The van der Waals surface area contributed by atoms with Crippen molar-refractivity contribution in [3.8, 4) is 0 Å². The van der Waals surface area contributed by atoms with Gasteiger partial charge in [-0.05, 0) is 46.6 Å². The van der Waals surface area contributed by atoms with E-state index in [0.717, 1.165) is 18.6 Å². The van der Waals surface area contributed by atoms with Crippen LogP contribution in [0, 0.1) is 0 Å². The van der Waals surface area contributed by atoms with Crippen LogP contribution in [0.2, 0.25) is 0 Å². The molecule has 3 aliphatic rings. The molecule has 3 heterocycles. The first-order valence-corrected chi connectivity index (χ1v) is 8.75. The predicted octanol–water partition coefficient (Wildman–Crippen LogP) is 1.77. The molecule has 2 unspecified atom stereocenters. The first-order chi connectivity index (χ1) is 8.96. The van der Waals surface area contributed by atoms with Gasteiger partial charge in [-0.15, -0.1) is 0 Å². The van der Waals surface area contributed by atoms with Gasteiger partial charge >= 0.3 is 0 Å². The van der Waals surface area contributed by atoms with Gasteiger partial charge in [0.15, 0.2) is 0 Å². The van der Waals surface area contributed by atoms with Gasteiger partial charge in [-0.25, -0.2) is 0 Å². The topological polar surface area (TPSA) is 32.5 Å². The number of piperidine rings is 1. The maximum atomic E-state index is 6.29. The van der Waals surface area contributed by atoms with Crippen LogP contribution in [0.3, 0.4) is 0 Å². The Morgan fingerprint density at radius 2 is 1.84 bits per heavy atom. The van der Waals surface area contributed by atoms with Gasteiger partial charge in [0.05, 0.1) is 0 Å². The second-order valence-electron chi connectivity index (χ2n) is 7.42. The zero-order chi connectivity index (χ0) is 13.7. The fraction of sp³-hybridized carbons (Fsp3) is 1.00. The van der Waals surface area contributed by atoms with Gasteiger partial charge in [0.25, 0.3) is 0 Å². The molecule has 3 aliphatic heterocycles. The van der Waals surface area contributed by atoms with Crippen LogP contribution >= 0.6 is 11.8 Å². The number of hydrogen-bond donors (Lipinski definition) is 1. The SMILES string of the molecule is CN1C2CCC1CC(CN)(N1CCSC(C)(C)C1)C2. The lowest BCUT2D eigenvalue weighted by Crippen LogP contribution is -2.65. The van der Waals surface area contributed by atoms with Gasteiger partial charge in [0.1, 0.15) is 0 Å². The molecular weight excluding hydrogens is 254 g/mol. The minimum Gasteiger partial charge on any atom is -0.329 e. The summed E-state index contributed by atoms with van der Waals surface area (Å²) < 4.78 is 0.392. The third kappa shape index (κ3) is 2.45. The molecule has 0 radical (unpaired) electrons. The first-order valence-electron chi connectivity index (χ1n) is 7.77. The molecule has 0 amide bonds. The van der Waals surface area contributed by atoms with Gasteiger partial charge in [-0.3, -0.25) is 4.90 Å². The van der Waals surface area contributed by atoms with Crippen LogP contribution < -0.4 is 5.73 Å². The van der Waals surface area contributed by atoms with Gasteiger partial charge in [-0.1, -0.05) is 0 Å². The maximum absolute atomic E-state index is 6.29. The molecule has 3 nitrogen and oxygen atoms in total. The zero-order valence-electron chi connectivity index (χ0n) is 12.7. The van der Waals surface area contributed by atoms with Crippen LogP contribution in [0.15, 0.2) is 0 Å². The van der Waals surface area contributed by atoms with Crippen molar-refractivity contribution < 1.29 is 0 Å². The molecule has 2 bridgehead atoms. The predicted molar refractivity (Wildman–Crippen MR) is 83.7 cm³/mol. The summed E-state index contributed by atoms with van der Waals surface area (Å²) in [6.45, 7) is 8.05. The highest BCUT2D eigenvalue weighted by Gasteiger charge is 2.50. The standard InChI is InChI=1S/C15H29N3S/c1-14(2)11-18(6-7-19-14)15(10-16)8-12-4-5-13(9-15)17(12)3/h12-13H,4-11,16H2,1-3H3. The zero-order valence-corrected chi connectivity index (χ0v) is 13.5. The summed E-state index contributed by atoms with van der Waals surface area (Å²) in [4.78, 5) is 5.37. The summed E-state index contributed by atoms with van der Waals surface area (Å²) in [6, 6.07) is 1.56. The van der Waals surface area contributed by atoms with E-state index in [2.05, 4.69) is 42.5 Å². The quantitative estimate of drug-likeness (QED) is 0.837. The second-order valence-corrected chi connectivity index (χ2v) is 9.22. The fourth-order valence-electron chi connectivity index (χ4n) is 4.52. The van der Waals surface area contributed by atoms with E-state index in [0.29, 0.717) is 4.75 Å². The Hall–Kier alpha value is 0.230. The lowest BCUT2D eigenvalue weighted by Gasteiger charge is -2.54. The van der Waals surface area contributed by atoms with Gasteiger partial charge < -0.3 is 10.6 Å². The normalized spacial score (nSPS) is 43.6. The van der Waals surface area contributed by atoms with Crippen LogP contribution in [-0.4, -0.2) is 64.6 Å². The van der Waals surface area contributed by atoms with Crippen molar-refractivity contribution in [3.05, 3.63) is 0 Å². The third-order valence-corrected chi connectivity index (χ3v) is 6.99. The Labute approximate surface area is 122 Å². The molecule has 110 valence electrons. The highest BCUT2D eigenvalue weighted by molar-refractivity contribution is 8.00. The number of thioether (sulfide) groups is 1. The highest BCUT2D eigenvalue weighted by atomic mass is 32.2. The summed E-state index contributed by atoms with van der Waals surface area (Å²) in [5.74, 6) is 1.26. The summed E-state index contributed by atoms with van der Waals surface area (Å²) in [5.41, 5.74) is 6.58. The Bertz CT molecular complexity index is 330. The summed E-state index contributed by atoms with van der Waals surface area (Å²) in [6.07, 6.45) is 5.35. The largest absolute Gasteiger partial charge is 0.329 e. The number of nitrogens with two attached hydrogens (primary N) is 1. The van der Waals surface area contributed by atoms with Crippen molar-refractivity contribution in [1.29, 1.82) is 0 Å². The highest BCUT2D eigenvalue weighted by Crippen LogP contribution is 2.44. The van der Waals surface area contributed by atoms with E-state index in [1.807, 2.05) is 0 Å². The van der Waals surface area contributed by atoms with Crippen molar-refractivity contribution in [2.45, 2.75) is 61.9 Å². The smallest absolute Gasteiger partial charge is 0.0362 e. The Morgan fingerprint density at radius 3 is 2.37 bits per heavy atom. The fourth-order valence-corrected chi connectivity index (χ4v) is 5.63. The van der Waals surface area contributed by atoms with E-state index in [9.17, 15) is 0 Å². The van der Waals surface area contributed by atoms with Crippen LogP contribution in [0.1, 0.15) is 39.5 Å². The molecule has 19 heavy (non-hydrogen) atoms. The van der Waals surface area contributed by atoms with Crippen molar-refractivity contribution >= 4 is 11.8 Å². The molecule has 2 N–H and O–H groups in total. The van der Waals surface area contributed by atoms with Crippen molar-refractivity contribution in [1.82, 2.24) is 9.80 Å². The van der Waals surface area contributed by atoms with Crippen LogP contribution in [0.25, 0.3) is 0 Å². The molecule has 3 saturated heterocycles. The molecule has 0 spiro atoms. The third-order valence-electron chi connectivity index (χ3n) is 5.69. The van der Waals surface area contributed by atoms with Crippen LogP contribution in [-0.2, 0) is 0 Å². The van der Waals surface area contributed by atoms with E-state index in [1.54, 1.807) is 0 Å². The number of rotatable bonds is 2.